The molecule has 0 aromatic carbocycles. The van der Waals surface area contributed by atoms with Gasteiger partial charge in [-0.15, -0.1) is 11.8 Å². The van der Waals surface area contributed by atoms with E-state index >= 15 is 0 Å². The van der Waals surface area contributed by atoms with Crippen LogP contribution in [0.25, 0.3) is 0 Å². The Morgan fingerprint density at radius 1 is 0.652 bits per heavy atom. The fourth-order valence-electron chi connectivity index (χ4n) is 2.56. The van der Waals surface area contributed by atoms with Gasteiger partial charge in [0, 0.05) is 0 Å². The number of hydrogen-bond donors (Lipinski definition) is 8. The van der Waals surface area contributed by atoms with Crippen molar-refractivity contribution in [2.24, 2.45) is 0 Å². The van der Waals surface area contributed by atoms with E-state index in [-0.39, 0.29) is 0 Å². The van der Waals surface area contributed by atoms with Crippen LogP contribution in [0.1, 0.15) is 0 Å². The second kappa shape index (κ2) is 7.89. The van der Waals surface area contributed by atoms with E-state index in [1.54, 1.807) is 0 Å². The molecule has 0 spiro atoms. The zero-order valence-corrected chi connectivity index (χ0v) is 12.8. The third kappa shape index (κ3) is 3.80. The molecular weight excluding hydrogens is 336 g/mol. The highest BCUT2D eigenvalue weighted by molar-refractivity contribution is 8.00. The first-order valence-electron chi connectivity index (χ1n) is 7.08. The zero-order chi connectivity index (χ0) is 17.3. The molecule has 0 aromatic rings. The lowest BCUT2D eigenvalue weighted by Gasteiger charge is -2.44. The van der Waals surface area contributed by atoms with Crippen LogP contribution >= 0.6 is 11.8 Å². The lowest BCUT2D eigenvalue weighted by molar-refractivity contribution is -0.249. The highest BCUT2D eigenvalue weighted by Crippen LogP contribution is 2.37. The van der Waals surface area contributed by atoms with Crippen molar-refractivity contribution in [1.29, 1.82) is 0 Å². The summed E-state index contributed by atoms with van der Waals surface area (Å²) < 4.78 is 10.1. The van der Waals surface area contributed by atoms with Crippen LogP contribution in [0.5, 0.6) is 0 Å². The molecule has 11 heteroatoms. The summed E-state index contributed by atoms with van der Waals surface area (Å²) in [5.74, 6) is 0. The number of hydrogen-bond acceptors (Lipinski definition) is 11. The second-order valence-electron chi connectivity index (χ2n) is 5.53. The van der Waals surface area contributed by atoms with Gasteiger partial charge in [-0.05, 0) is 0 Å². The molecule has 0 amide bonds. The summed E-state index contributed by atoms with van der Waals surface area (Å²) in [5.41, 5.74) is -1.19. The maximum atomic E-state index is 10.1. The number of thioether (sulfide) groups is 1. The average molecular weight is 358 g/mol. The van der Waals surface area contributed by atoms with Crippen LogP contribution in [0.3, 0.4) is 0 Å². The molecule has 23 heavy (non-hydrogen) atoms. The quantitative estimate of drug-likeness (QED) is 0.242. The number of aliphatic hydroxyl groups excluding tert-OH is 8. The van der Waals surface area contributed by atoms with Crippen LogP contribution in [0.2, 0.25) is 0 Å². The molecule has 8 N–H and O–H groups in total. The lowest BCUT2D eigenvalue weighted by atomic mass is 10.0. The van der Waals surface area contributed by atoms with Gasteiger partial charge in [0.1, 0.15) is 42.1 Å². The molecule has 0 radical (unpaired) electrons. The Bertz CT molecular complexity index is 385. The van der Waals surface area contributed by atoms with E-state index in [1.165, 1.54) is 0 Å². The van der Waals surface area contributed by atoms with Gasteiger partial charge in [0.05, 0.1) is 24.6 Å². The van der Waals surface area contributed by atoms with Crippen LogP contribution in [0, 0.1) is 0 Å². The highest BCUT2D eigenvalue weighted by Gasteiger charge is 2.49. The molecule has 2 aliphatic rings. The molecule has 136 valence electrons. The maximum absolute atomic E-state index is 10.1. The summed E-state index contributed by atoms with van der Waals surface area (Å²) >= 11 is 0.708. The minimum Gasteiger partial charge on any atom is -0.394 e. The monoisotopic (exact) mass is 358 g/mol. The molecule has 0 bridgehead atoms. The Hall–Kier alpha value is -0.0500. The SMILES string of the molecule is OC[C@H]1O[C@H](S[C@@H]2[C@H](O)[C@@H](O)O[C@H](CO)[C@H]2O)[C@@H](O)[C@@H](O)[C@@H]1O. The summed E-state index contributed by atoms with van der Waals surface area (Å²) in [4.78, 5) is 0. The van der Waals surface area contributed by atoms with Crippen molar-refractivity contribution in [3.05, 3.63) is 0 Å². The number of ether oxygens (including phenoxy) is 2. The second-order valence-corrected chi connectivity index (χ2v) is 6.81. The van der Waals surface area contributed by atoms with Gasteiger partial charge in [0.2, 0.25) is 0 Å². The first kappa shape index (κ1) is 19.3. The minimum atomic E-state index is -1.65. The summed E-state index contributed by atoms with van der Waals surface area (Å²) in [5, 5.41) is 76.2. The predicted molar refractivity (Wildman–Crippen MR) is 75.1 cm³/mol. The van der Waals surface area contributed by atoms with E-state index in [1.807, 2.05) is 0 Å². The van der Waals surface area contributed by atoms with Gasteiger partial charge in [-0.2, -0.15) is 0 Å². The van der Waals surface area contributed by atoms with Crippen molar-refractivity contribution in [1.82, 2.24) is 0 Å². The Balaban J connectivity index is 2.11. The van der Waals surface area contributed by atoms with Gasteiger partial charge in [0.15, 0.2) is 6.29 Å². The van der Waals surface area contributed by atoms with Gasteiger partial charge in [-0.3, -0.25) is 0 Å². The van der Waals surface area contributed by atoms with Crippen LogP contribution in [0.4, 0.5) is 0 Å². The third-order valence-electron chi connectivity index (χ3n) is 3.98. The Kier molecular flexibility index (Phi) is 6.61. The molecular formula is C12H22O10S. The maximum Gasteiger partial charge on any atom is 0.182 e. The molecule has 2 rings (SSSR count). The average Bonchev–Trinajstić information content (AvgIpc) is 2.54. The van der Waals surface area contributed by atoms with E-state index in [9.17, 15) is 30.6 Å². The van der Waals surface area contributed by atoms with Gasteiger partial charge in [-0.1, -0.05) is 0 Å². The zero-order valence-electron chi connectivity index (χ0n) is 12.0. The summed E-state index contributed by atoms with van der Waals surface area (Å²) in [6, 6.07) is 0. The van der Waals surface area contributed by atoms with E-state index in [4.69, 9.17) is 19.7 Å². The van der Waals surface area contributed by atoms with Crippen LogP contribution in [0.15, 0.2) is 0 Å². The molecule has 10 nitrogen and oxygen atoms in total. The minimum absolute atomic E-state index is 0.601. The lowest BCUT2D eigenvalue weighted by Crippen LogP contribution is -2.61. The standard InChI is InChI=1S/C12H22O10S/c13-1-3-5(15)7(17)8(18)12(22-3)23-10-6(16)4(2-14)21-11(20)9(10)19/h3-20H,1-2H2/t3-,4-,5-,6-,7+,8+,9+,10+,11+,12-/m1/s1. The van der Waals surface area contributed by atoms with Crippen molar-refractivity contribution >= 4 is 11.8 Å². The van der Waals surface area contributed by atoms with E-state index < -0.39 is 72.9 Å². The largest absolute Gasteiger partial charge is 0.394 e. The molecule has 10 atom stereocenters. The fraction of sp³-hybridized carbons (Fsp3) is 1.00. The first-order chi connectivity index (χ1) is 10.8. The smallest absolute Gasteiger partial charge is 0.182 e. The van der Waals surface area contributed by atoms with Crippen molar-refractivity contribution in [2.75, 3.05) is 13.2 Å². The molecule has 0 saturated carbocycles. The van der Waals surface area contributed by atoms with Gasteiger partial charge >= 0.3 is 0 Å². The predicted octanol–water partition coefficient (Wildman–Crippen LogP) is -4.68. The van der Waals surface area contributed by atoms with Gasteiger partial charge in [-0.25, -0.2) is 0 Å². The molecule has 2 heterocycles. The van der Waals surface area contributed by atoms with Crippen molar-refractivity contribution < 1.29 is 50.3 Å². The van der Waals surface area contributed by atoms with E-state index in [0.29, 0.717) is 11.8 Å². The molecule has 2 fully saturated rings. The number of rotatable bonds is 4. The fourth-order valence-corrected chi connectivity index (χ4v) is 4.03. The van der Waals surface area contributed by atoms with Crippen LogP contribution in [-0.4, -0.2) is 114 Å². The molecule has 2 aliphatic heterocycles. The Morgan fingerprint density at radius 2 is 1.22 bits per heavy atom. The highest BCUT2D eigenvalue weighted by atomic mass is 32.2. The molecule has 2 saturated heterocycles. The van der Waals surface area contributed by atoms with Gasteiger partial charge < -0.3 is 50.3 Å². The normalized spacial score (nSPS) is 51.7. The Morgan fingerprint density at radius 3 is 1.78 bits per heavy atom. The van der Waals surface area contributed by atoms with Crippen LogP contribution < -0.4 is 0 Å². The Labute approximate surface area is 135 Å². The summed E-state index contributed by atoms with van der Waals surface area (Å²) in [6.45, 7) is -1.21. The van der Waals surface area contributed by atoms with Crippen molar-refractivity contribution in [3.63, 3.8) is 0 Å². The third-order valence-corrected chi connectivity index (χ3v) is 5.51. The first-order valence-corrected chi connectivity index (χ1v) is 8.02. The topological polar surface area (TPSA) is 180 Å². The van der Waals surface area contributed by atoms with Crippen molar-refractivity contribution in [3.8, 4) is 0 Å². The molecule has 0 aliphatic carbocycles. The summed E-state index contributed by atoms with van der Waals surface area (Å²) in [7, 11) is 0. The molecule has 0 unspecified atom stereocenters. The van der Waals surface area contributed by atoms with Crippen LogP contribution in [-0.2, 0) is 9.47 Å². The molecule has 0 aromatic heterocycles. The number of aliphatic hydroxyl groups is 8. The van der Waals surface area contributed by atoms with Crippen molar-refractivity contribution in [2.45, 2.75) is 59.7 Å². The van der Waals surface area contributed by atoms with Gasteiger partial charge in [0.25, 0.3) is 0 Å². The summed E-state index contributed by atoms with van der Waals surface area (Å²) in [6.07, 6.45) is -11.5. The van der Waals surface area contributed by atoms with E-state index in [0.717, 1.165) is 0 Å². The van der Waals surface area contributed by atoms with E-state index in [2.05, 4.69) is 0 Å².